The van der Waals surface area contributed by atoms with Crippen LogP contribution in [-0.4, -0.2) is 75.4 Å². The zero-order valence-corrected chi connectivity index (χ0v) is 27.8. The fourth-order valence-corrected chi connectivity index (χ4v) is 12.1. The molecule has 5 fully saturated rings. The molecule has 0 amide bonds. The first-order chi connectivity index (χ1) is 20.5. The van der Waals surface area contributed by atoms with Crippen LogP contribution in [0, 0.1) is 50.2 Å². The molecule has 0 aromatic carbocycles. The maximum Gasteiger partial charge on any atom is 0.315 e. The van der Waals surface area contributed by atoms with Crippen molar-refractivity contribution in [3.63, 3.8) is 0 Å². The first kappa shape index (κ1) is 32.9. The van der Waals surface area contributed by atoms with Crippen LogP contribution < -0.4 is 0 Å². The molecule has 0 aromatic rings. The highest BCUT2D eigenvalue weighted by molar-refractivity contribution is 5.79. The lowest BCUT2D eigenvalue weighted by atomic mass is 9.33. The van der Waals surface area contributed by atoms with Crippen molar-refractivity contribution in [1.82, 2.24) is 0 Å². The molecule has 250 valence electrons. The van der Waals surface area contributed by atoms with E-state index in [0.29, 0.717) is 24.7 Å². The highest BCUT2D eigenvalue weighted by Gasteiger charge is 2.69. The van der Waals surface area contributed by atoms with Crippen LogP contribution in [0.25, 0.3) is 0 Å². The van der Waals surface area contributed by atoms with Crippen LogP contribution in [0.1, 0.15) is 112 Å². The topological polar surface area (TPSA) is 137 Å². The van der Waals surface area contributed by atoms with Gasteiger partial charge in [0.2, 0.25) is 6.29 Å². The third-order valence-electron chi connectivity index (χ3n) is 15.0. The molecule has 0 radical (unpaired) electrons. The zero-order valence-electron chi connectivity index (χ0n) is 27.8. The van der Waals surface area contributed by atoms with E-state index in [1.54, 1.807) is 0 Å². The van der Waals surface area contributed by atoms with Crippen molar-refractivity contribution in [1.29, 1.82) is 0 Å². The van der Waals surface area contributed by atoms with Crippen molar-refractivity contribution in [3.05, 3.63) is 11.6 Å². The highest BCUT2D eigenvalue weighted by atomic mass is 16.7. The molecule has 1 heterocycles. The van der Waals surface area contributed by atoms with E-state index in [4.69, 9.17) is 9.47 Å². The average Bonchev–Trinajstić information content (AvgIpc) is 2.97. The Labute approximate surface area is 263 Å². The first-order valence-corrected chi connectivity index (χ1v) is 17.3. The van der Waals surface area contributed by atoms with E-state index in [1.807, 2.05) is 0 Å². The SMILES string of the molecule is CC1(C)CC[C@]2(C(=O)O[C@@H]3O[C@H](CO)[C@@H](O)[C@H](O)[C@H]3O)CC[C@]3(C)C(=CC[C@@H]4[C@@]5(C)CCC[C@@](C)(CO)[C@@H]5CC[C@]43C)[C@@H]2C1. The van der Waals surface area contributed by atoms with Crippen molar-refractivity contribution in [2.45, 2.75) is 143 Å². The molecule has 1 saturated heterocycles. The first-order valence-electron chi connectivity index (χ1n) is 17.3. The summed E-state index contributed by atoms with van der Waals surface area (Å²) in [6.45, 7) is 14.1. The van der Waals surface area contributed by atoms with Gasteiger partial charge in [-0.2, -0.15) is 0 Å². The molecule has 4 saturated carbocycles. The van der Waals surface area contributed by atoms with Crippen LogP contribution in [0.4, 0.5) is 0 Å². The Morgan fingerprint density at radius 2 is 1.59 bits per heavy atom. The van der Waals surface area contributed by atoms with Gasteiger partial charge in [-0.3, -0.25) is 4.79 Å². The van der Waals surface area contributed by atoms with Crippen LogP contribution in [-0.2, 0) is 14.3 Å². The van der Waals surface area contributed by atoms with E-state index in [-0.39, 0.29) is 39.6 Å². The van der Waals surface area contributed by atoms with Crippen LogP contribution >= 0.6 is 0 Å². The van der Waals surface area contributed by atoms with Crippen LogP contribution in [0.3, 0.4) is 0 Å². The molecule has 1 aliphatic heterocycles. The van der Waals surface area contributed by atoms with E-state index in [2.05, 4.69) is 47.6 Å². The van der Waals surface area contributed by atoms with E-state index < -0.39 is 48.7 Å². The lowest BCUT2D eigenvalue weighted by molar-refractivity contribution is -0.297. The predicted octanol–water partition coefficient (Wildman–Crippen LogP) is 4.49. The molecule has 13 atom stereocenters. The number of fused-ring (bicyclic) bond motifs is 7. The molecule has 0 bridgehead atoms. The predicted molar refractivity (Wildman–Crippen MR) is 165 cm³/mol. The Morgan fingerprint density at radius 1 is 0.886 bits per heavy atom. The van der Waals surface area contributed by atoms with Crippen molar-refractivity contribution >= 4 is 5.97 Å². The third kappa shape index (κ3) is 4.47. The minimum atomic E-state index is -1.61. The number of rotatable bonds is 4. The van der Waals surface area contributed by atoms with Crippen LogP contribution in [0.15, 0.2) is 11.6 Å². The second-order valence-corrected chi connectivity index (χ2v) is 17.6. The maximum atomic E-state index is 14.4. The van der Waals surface area contributed by atoms with E-state index in [9.17, 15) is 30.3 Å². The van der Waals surface area contributed by atoms with Gasteiger partial charge < -0.3 is 35.0 Å². The van der Waals surface area contributed by atoms with Gasteiger partial charge in [-0.05, 0) is 109 Å². The average molecular weight is 619 g/mol. The molecule has 6 rings (SSSR count). The van der Waals surface area contributed by atoms with Gasteiger partial charge in [0.15, 0.2) is 0 Å². The number of aliphatic hydroxyl groups excluding tert-OH is 5. The Hall–Kier alpha value is -1.03. The Bertz CT molecular complexity index is 1170. The number of hydrogen-bond acceptors (Lipinski definition) is 8. The molecule has 0 aromatic heterocycles. The molecule has 8 nitrogen and oxygen atoms in total. The normalized spacial score (nSPS) is 53.3. The van der Waals surface area contributed by atoms with Crippen molar-refractivity contribution in [2.24, 2.45) is 50.2 Å². The van der Waals surface area contributed by atoms with Crippen LogP contribution in [0.2, 0.25) is 0 Å². The summed E-state index contributed by atoms with van der Waals surface area (Å²) in [7, 11) is 0. The fourth-order valence-electron chi connectivity index (χ4n) is 12.1. The molecular weight excluding hydrogens is 560 g/mol. The maximum absolute atomic E-state index is 14.4. The number of carbonyl (C=O) groups is 1. The quantitative estimate of drug-likeness (QED) is 0.230. The minimum absolute atomic E-state index is 0.000228. The smallest absolute Gasteiger partial charge is 0.315 e. The molecule has 6 aliphatic rings. The summed E-state index contributed by atoms with van der Waals surface area (Å²) in [5.74, 6) is 0.619. The number of ether oxygens (including phenoxy) is 2. The van der Waals surface area contributed by atoms with Crippen molar-refractivity contribution in [3.8, 4) is 0 Å². The monoisotopic (exact) mass is 618 g/mol. The highest BCUT2D eigenvalue weighted by Crippen LogP contribution is 2.75. The van der Waals surface area contributed by atoms with Gasteiger partial charge in [0.1, 0.15) is 24.4 Å². The van der Waals surface area contributed by atoms with Crippen LogP contribution in [0.5, 0.6) is 0 Å². The van der Waals surface area contributed by atoms with E-state index in [0.717, 1.165) is 51.4 Å². The molecule has 0 spiro atoms. The summed E-state index contributed by atoms with van der Waals surface area (Å²) in [5.41, 5.74) is 0.851. The summed E-state index contributed by atoms with van der Waals surface area (Å²) in [6.07, 6.45) is 5.95. The van der Waals surface area contributed by atoms with Gasteiger partial charge >= 0.3 is 5.97 Å². The minimum Gasteiger partial charge on any atom is -0.432 e. The van der Waals surface area contributed by atoms with Crippen molar-refractivity contribution < 1.29 is 39.8 Å². The lowest BCUT2D eigenvalue weighted by Crippen LogP contribution is -2.65. The lowest BCUT2D eigenvalue weighted by Gasteiger charge is -2.71. The number of esters is 1. The molecule has 8 heteroatoms. The molecular formula is C36H58O8. The summed E-state index contributed by atoms with van der Waals surface area (Å²) in [6, 6.07) is 0. The van der Waals surface area contributed by atoms with Crippen molar-refractivity contribution in [2.75, 3.05) is 13.2 Å². The fraction of sp³-hybridized carbons (Fsp3) is 0.917. The Morgan fingerprint density at radius 3 is 2.27 bits per heavy atom. The summed E-state index contributed by atoms with van der Waals surface area (Å²) < 4.78 is 11.6. The molecule has 5 N–H and O–H groups in total. The van der Waals surface area contributed by atoms with Gasteiger partial charge in [0.25, 0.3) is 0 Å². The van der Waals surface area contributed by atoms with Gasteiger partial charge in [-0.1, -0.05) is 59.6 Å². The van der Waals surface area contributed by atoms with Gasteiger partial charge in [0.05, 0.1) is 12.0 Å². The summed E-state index contributed by atoms with van der Waals surface area (Å²) >= 11 is 0. The van der Waals surface area contributed by atoms with E-state index >= 15 is 0 Å². The number of allylic oxidation sites excluding steroid dienone is 2. The van der Waals surface area contributed by atoms with Gasteiger partial charge in [0, 0.05) is 6.61 Å². The number of hydrogen-bond donors (Lipinski definition) is 5. The summed E-state index contributed by atoms with van der Waals surface area (Å²) in [4.78, 5) is 14.4. The van der Waals surface area contributed by atoms with Gasteiger partial charge in [-0.15, -0.1) is 0 Å². The number of carbonyl (C=O) groups excluding carboxylic acids is 1. The molecule has 5 aliphatic carbocycles. The molecule has 0 unspecified atom stereocenters. The Kier molecular flexibility index (Phi) is 8.03. The largest absolute Gasteiger partial charge is 0.432 e. The number of aliphatic hydroxyl groups is 5. The second kappa shape index (κ2) is 10.7. The van der Waals surface area contributed by atoms with Gasteiger partial charge in [-0.25, -0.2) is 0 Å². The van der Waals surface area contributed by atoms with E-state index in [1.165, 1.54) is 12.0 Å². The third-order valence-corrected chi connectivity index (χ3v) is 15.0. The zero-order chi connectivity index (χ0) is 32.1. The molecule has 44 heavy (non-hydrogen) atoms. The second-order valence-electron chi connectivity index (χ2n) is 17.6. The standard InChI is InChI=1S/C36H58O8/c1-31(2)14-16-36(30(42)44-29-28(41)27(40)26(39)23(19-37)43-29)17-15-34(5)21(22(36)18-31)8-9-25-33(4)12-7-11-32(3,20-38)24(33)10-13-35(25,34)6/h8,22-29,37-41H,7,9-20H2,1-6H3/t22-,23+,24-,25+,26+,27-,28+,29-,32-,33-,34+,35+,36-/m0/s1. The Balaban J connectivity index is 1.35. The summed E-state index contributed by atoms with van der Waals surface area (Å²) in [5, 5.41) is 51.5.